The molecule has 3 heteroatoms. The van der Waals surface area contributed by atoms with Crippen LogP contribution in [-0.4, -0.2) is 29.1 Å². The number of rotatable bonds is 5. The van der Waals surface area contributed by atoms with Gasteiger partial charge >= 0.3 is 0 Å². The van der Waals surface area contributed by atoms with Crippen LogP contribution in [0.5, 0.6) is 0 Å². The van der Waals surface area contributed by atoms with Gasteiger partial charge in [0, 0.05) is 33.8 Å². The van der Waals surface area contributed by atoms with Crippen molar-refractivity contribution in [1.29, 1.82) is 0 Å². The number of hydrogen-bond donors (Lipinski definition) is 0. The summed E-state index contributed by atoms with van der Waals surface area (Å²) in [5.74, 6) is 0. The molecule has 4 rings (SSSR count). The molecule has 0 aliphatic carbocycles. The molecule has 2 heterocycles. The van der Waals surface area contributed by atoms with Gasteiger partial charge in [0.05, 0.1) is 0 Å². The summed E-state index contributed by atoms with van der Waals surface area (Å²) in [6.07, 6.45) is 7.69. The van der Waals surface area contributed by atoms with Crippen molar-refractivity contribution >= 4 is 33.5 Å². The summed E-state index contributed by atoms with van der Waals surface area (Å²) in [6, 6.07) is 17.5. The van der Waals surface area contributed by atoms with E-state index in [9.17, 15) is 0 Å². The largest absolute Gasteiger partial charge is 0.343 e. The minimum atomic E-state index is 0.946. The first-order valence-corrected chi connectivity index (χ1v) is 10.4. The highest BCUT2D eigenvalue weighted by Gasteiger charge is 2.14. The summed E-state index contributed by atoms with van der Waals surface area (Å²) >= 11 is 2.50. The highest BCUT2D eigenvalue weighted by Crippen LogP contribution is 2.28. The van der Waals surface area contributed by atoms with Gasteiger partial charge in [-0.2, -0.15) is 0 Å². The van der Waals surface area contributed by atoms with E-state index >= 15 is 0 Å². The van der Waals surface area contributed by atoms with Gasteiger partial charge in [-0.05, 0) is 78.2 Å². The first-order chi connectivity index (χ1) is 12.3. The maximum Gasteiger partial charge on any atom is 0.0497 e. The molecule has 1 aliphatic heterocycles. The lowest BCUT2D eigenvalue weighted by Gasteiger charge is -2.26. The quantitative estimate of drug-likeness (QED) is 0.484. The number of hydrogen-bond acceptors (Lipinski definition) is 1. The monoisotopic (exact) mass is 444 g/mol. The van der Waals surface area contributed by atoms with E-state index in [1.54, 1.807) is 0 Å². The average molecular weight is 444 g/mol. The fraction of sp³-hybridized carbons (Fsp3) is 0.364. The molecular formula is C22H25IN2. The Morgan fingerprint density at radius 2 is 1.68 bits per heavy atom. The predicted octanol–water partition coefficient (Wildman–Crippen LogP) is 5.32. The Kier molecular flexibility index (Phi) is 5.42. The van der Waals surface area contributed by atoms with Gasteiger partial charge in [-0.1, -0.05) is 42.8 Å². The molecule has 0 amide bonds. The Morgan fingerprint density at radius 3 is 2.48 bits per heavy atom. The smallest absolute Gasteiger partial charge is 0.0497 e. The lowest BCUT2D eigenvalue weighted by Crippen LogP contribution is -2.31. The van der Waals surface area contributed by atoms with Crippen molar-refractivity contribution in [3.05, 3.63) is 69.4 Å². The van der Waals surface area contributed by atoms with Crippen molar-refractivity contribution in [2.45, 2.75) is 32.2 Å². The first kappa shape index (κ1) is 17.1. The third-order valence-electron chi connectivity index (χ3n) is 5.28. The van der Waals surface area contributed by atoms with Gasteiger partial charge < -0.3 is 9.47 Å². The van der Waals surface area contributed by atoms with Crippen molar-refractivity contribution in [2.24, 2.45) is 0 Å². The second-order valence-corrected chi connectivity index (χ2v) is 8.22. The Balaban J connectivity index is 1.61. The second-order valence-electron chi connectivity index (χ2n) is 7.05. The lowest BCUT2D eigenvalue weighted by atomic mass is 10.1. The summed E-state index contributed by atoms with van der Waals surface area (Å²) in [6.45, 7) is 4.69. The number of aromatic nitrogens is 1. The SMILES string of the molecule is Ic1cccc2c1c(CCN1CCCCC1)cn2Cc1ccccc1. The summed E-state index contributed by atoms with van der Waals surface area (Å²) in [4.78, 5) is 2.64. The molecular weight excluding hydrogens is 419 g/mol. The van der Waals surface area contributed by atoms with E-state index in [0.717, 1.165) is 13.0 Å². The van der Waals surface area contributed by atoms with Gasteiger partial charge in [-0.15, -0.1) is 0 Å². The standard InChI is InChI=1S/C22H25IN2/c23-20-10-7-11-21-22(20)19(12-15-24-13-5-2-6-14-24)17-25(21)16-18-8-3-1-4-9-18/h1,3-4,7-11,17H,2,5-6,12-16H2. The summed E-state index contributed by atoms with van der Waals surface area (Å²) in [5.41, 5.74) is 4.23. The molecule has 0 saturated carbocycles. The van der Waals surface area contributed by atoms with Gasteiger partial charge in [-0.25, -0.2) is 0 Å². The van der Waals surface area contributed by atoms with Gasteiger partial charge in [0.25, 0.3) is 0 Å². The number of halogens is 1. The molecule has 0 bridgehead atoms. The van der Waals surface area contributed by atoms with Crippen LogP contribution in [0.3, 0.4) is 0 Å². The van der Waals surface area contributed by atoms with E-state index in [1.165, 1.54) is 64.5 Å². The normalized spacial score (nSPS) is 15.7. The molecule has 1 saturated heterocycles. The molecule has 25 heavy (non-hydrogen) atoms. The maximum absolute atomic E-state index is 2.64. The van der Waals surface area contributed by atoms with Gasteiger partial charge in [-0.3, -0.25) is 0 Å². The fourth-order valence-corrected chi connectivity index (χ4v) is 4.78. The molecule has 3 aromatic rings. The van der Waals surface area contributed by atoms with E-state index in [1.807, 2.05) is 0 Å². The highest BCUT2D eigenvalue weighted by molar-refractivity contribution is 14.1. The minimum absolute atomic E-state index is 0.946. The van der Waals surface area contributed by atoms with Gasteiger partial charge in [0.1, 0.15) is 0 Å². The zero-order chi connectivity index (χ0) is 17.1. The maximum atomic E-state index is 2.64. The van der Waals surface area contributed by atoms with Crippen molar-refractivity contribution in [2.75, 3.05) is 19.6 Å². The number of benzene rings is 2. The van der Waals surface area contributed by atoms with Crippen LogP contribution in [0.4, 0.5) is 0 Å². The minimum Gasteiger partial charge on any atom is -0.343 e. The molecule has 0 spiro atoms. The van der Waals surface area contributed by atoms with E-state index in [4.69, 9.17) is 0 Å². The van der Waals surface area contributed by atoms with Crippen LogP contribution in [-0.2, 0) is 13.0 Å². The molecule has 2 nitrogen and oxygen atoms in total. The Morgan fingerprint density at radius 1 is 0.880 bits per heavy atom. The Bertz CT molecular complexity index is 832. The molecule has 0 unspecified atom stereocenters. The molecule has 0 radical (unpaired) electrons. The molecule has 1 aromatic heterocycles. The molecule has 1 fully saturated rings. The third kappa shape index (κ3) is 3.93. The Hall–Kier alpha value is -1.33. The summed E-state index contributed by atoms with van der Waals surface area (Å²) < 4.78 is 3.80. The van der Waals surface area contributed by atoms with Crippen molar-refractivity contribution in [1.82, 2.24) is 9.47 Å². The van der Waals surface area contributed by atoms with Crippen molar-refractivity contribution in [3.8, 4) is 0 Å². The van der Waals surface area contributed by atoms with E-state index in [-0.39, 0.29) is 0 Å². The molecule has 1 aliphatic rings. The Labute approximate surface area is 164 Å². The fourth-order valence-electron chi connectivity index (χ4n) is 3.95. The third-order valence-corrected chi connectivity index (χ3v) is 6.17. The summed E-state index contributed by atoms with van der Waals surface area (Å²) in [7, 11) is 0. The number of nitrogens with zero attached hydrogens (tertiary/aromatic N) is 2. The number of fused-ring (bicyclic) bond motifs is 1. The molecule has 0 N–H and O–H groups in total. The number of piperidine rings is 1. The number of likely N-dealkylation sites (tertiary alicyclic amines) is 1. The van der Waals surface area contributed by atoms with Crippen LogP contribution in [0, 0.1) is 3.57 Å². The lowest BCUT2D eigenvalue weighted by molar-refractivity contribution is 0.231. The molecule has 2 aromatic carbocycles. The van der Waals surface area contributed by atoms with Gasteiger partial charge in [0.15, 0.2) is 0 Å². The topological polar surface area (TPSA) is 8.17 Å². The first-order valence-electron chi connectivity index (χ1n) is 9.34. The van der Waals surface area contributed by atoms with Crippen LogP contribution in [0.2, 0.25) is 0 Å². The van der Waals surface area contributed by atoms with Crippen molar-refractivity contribution in [3.63, 3.8) is 0 Å². The highest BCUT2D eigenvalue weighted by atomic mass is 127. The zero-order valence-electron chi connectivity index (χ0n) is 14.6. The van der Waals surface area contributed by atoms with E-state index in [2.05, 4.69) is 86.8 Å². The molecule has 130 valence electrons. The zero-order valence-corrected chi connectivity index (χ0v) is 16.8. The summed E-state index contributed by atoms with van der Waals surface area (Å²) in [5, 5.41) is 1.45. The molecule has 0 atom stereocenters. The second kappa shape index (κ2) is 7.92. The van der Waals surface area contributed by atoms with E-state index < -0.39 is 0 Å². The van der Waals surface area contributed by atoms with E-state index in [0.29, 0.717) is 0 Å². The van der Waals surface area contributed by atoms with Crippen LogP contribution in [0.15, 0.2) is 54.7 Å². The van der Waals surface area contributed by atoms with Crippen molar-refractivity contribution < 1.29 is 0 Å². The van der Waals surface area contributed by atoms with Crippen LogP contribution >= 0.6 is 22.6 Å². The van der Waals surface area contributed by atoms with Crippen LogP contribution < -0.4 is 0 Å². The predicted molar refractivity (Wildman–Crippen MR) is 114 cm³/mol. The average Bonchev–Trinajstić information content (AvgIpc) is 3.01. The van der Waals surface area contributed by atoms with Crippen LogP contribution in [0.1, 0.15) is 30.4 Å². The van der Waals surface area contributed by atoms with Crippen LogP contribution in [0.25, 0.3) is 10.9 Å². The van der Waals surface area contributed by atoms with Gasteiger partial charge in [0.2, 0.25) is 0 Å².